The van der Waals surface area contributed by atoms with Crippen LogP contribution in [0.3, 0.4) is 0 Å². The topological polar surface area (TPSA) is 59.0 Å². The summed E-state index contributed by atoms with van der Waals surface area (Å²) in [6, 6.07) is 9.81. The maximum absolute atomic E-state index is 12.4. The Labute approximate surface area is 124 Å². The molecule has 110 valence electrons. The molecule has 1 amide bonds. The number of aromatic nitrogens is 2. The van der Waals surface area contributed by atoms with Crippen LogP contribution in [0.15, 0.2) is 42.7 Å². The number of nitrogens with one attached hydrogen (secondary N) is 2. The van der Waals surface area contributed by atoms with Crippen LogP contribution in [0.5, 0.6) is 0 Å². The third-order valence-electron chi connectivity index (χ3n) is 3.96. The molecule has 2 N–H and O–H groups in total. The van der Waals surface area contributed by atoms with E-state index >= 15 is 0 Å². The number of amides is 1. The number of hydrogen-bond donors (Lipinski definition) is 2. The van der Waals surface area contributed by atoms with Gasteiger partial charge in [0.2, 0.25) is 5.91 Å². The van der Waals surface area contributed by atoms with E-state index in [2.05, 4.69) is 15.7 Å². The van der Waals surface area contributed by atoms with E-state index in [9.17, 15) is 4.79 Å². The number of anilines is 1. The maximum Gasteiger partial charge on any atom is 0.244 e. The number of carbonyl (C=O) groups is 1. The Morgan fingerprint density at radius 1 is 1.48 bits per heavy atom. The molecule has 0 saturated carbocycles. The summed E-state index contributed by atoms with van der Waals surface area (Å²) in [5.41, 5.74) is 1.50. The zero-order valence-corrected chi connectivity index (χ0v) is 12.2. The second-order valence-electron chi connectivity index (χ2n) is 5.72. The molecule has 0 spiro atoms. The van der Waals surface area contributed by atoms with Crippen LogP contribution in [-0.4, -0.2) is 27.8 Å². The van der Waals surface area contributed by atoms with Gasteiger partial charge in [-0.05, 0) is 50.1 Å². The molecular formula is C16H20N4O. The summed E-state index contributed by atoms with van der Waals surface area (Å²) in [5, 5.41) is 10.5. The molecule has 1 aromatic carbocycles. The summed E-state index contributed by atoms with van der Waals surface area (Å²) >= 11 is 0. The Balaban J connectivity index is 1.69. The van der Waals surface area contributed by atoms with Crippen LogP contribution < -0.4 is 10.6 Å². The van der Waals surface area contributed by atoms with Gasteiger partial charge in [0.25, 0.3) is 0 Å². The van der Waals surface area contributed by atoms with E-state index in [1.807, 2.05) is 48.1 Å². The van der Waals surface area contributed by atoms with Crippen LogP contribution in [-0.2, 0) is 11.3 Å². The third kappa shape index (κ3) is 3.13. The van der Waals surface area contributed by atoms with Crippen molar-refractivity contribution in [3.05, 3.63) is 48.3 Å². The molecule has 1 atom stereocenters. The van der Waals surface area contributed by atoms with E-state index in [4.69, 9.17) is 0 Å². The van der Waals surface area contributed by atoms with E-state index in [1.165, 1.54) is 0 Å². The highest BCUT2D eigenvalue weighted by molar-refractivity contribution is 5.98. The van der Waals surface area contributed by atoms with Gasteiger partial charge in [-0.3, -0.25) is 9.48 Å². The van der Waals surface area contributed by atoms with Gasteiger partial charge in [-0.1, -0.05) is 12.1 Å². The van der Waals surface area contributed by atoms with Gasteiger partial charge in [0.05, 0.1) is 12.1 Å². The molecule has 1 saturated heterocycles. The van der Waals surface area contributed by atoms with Gasteiger partial charge in [-0.2, -0.15) is 5.10 Å². The van der Waals surface area contributed by atoms with Crippen LogP contribution in [0, 0.1) is 0 Å². The molecule has 2 heterocycles. The van der Waals surface area contributed by atoms with Gasteiger partial charge in [-0.15, -0.1) is 0 Å². The fraction of sp³-hybridized carbons (Fsp3) is 0.375. The fourth-order valence-electron chi connectivity index (χ4n) is 2.69. The molecule has 2 aromatic rings. The molecule has 1 unspecified atom stereocenters. The standard InChI is InChI=1S/C16H20N4O/c1-16(7-3-8-17-16)15(21)19-14-6-2-5-13(11-14)12-20-10-4-9-18-20/h2,4-6,9-11,17H,3,7-8,12H2,1H3,(H,19,21). The lowest BCUT2D eigenvalue weighted by Gasteiger charge is -2.23. The van der Waals surface area contributed by atoms with Crippen molar-refractivity contribution < 1.29 is 4.79 Å². The lowest BCUT2D eigenvalue weighted by molar-refractivity contribution is -0.121. The highest BCUT2D eigenvalue weighted by Crippen LogP contribution is 2.21. The van der Waals surface area contributed by atoms with Crippen molar-refractivity contribution in [3.63, 3.8) is 0 Å². The summed E-state index contributed by atoms with van der Waals surface area (Å²) in [6.07, 6.45) is 5.61. The Morgan fingerprint density at radius 3 is 3.10 bits per heavy atom. The first kappa shape index (κ1) is 13.8. The van der Waals surface area contributed by atoms with Gasteiger partial charge >= 0.3 is 0 Å². The Hall–Kier alpha value is -2.14. The van der Waals surface area contributed by atoms with E-state index in [1.54, 1.807) is 6.20 Å². The summed E-state index contributed by atoms with van der Waals surface area (Å²) in [7, 11) is 0. The van der Waals surface area contributed by atoms with Crippen molar-refractivity contribution in [3.8, 4) is 0 Å². The van der Waals surface area contributed by atoms with Crippen molar-refractivity contribution >= 4 is 11.6 Å². The van der Waals surface area contributed by atoms with Crippen molar-refractivity contribution in [2.45, 2.75) is 31.8 Å². The summed E-state index contributed by atoms with van der Waals surface area (Å²) in [6.45, 7) is 3.57. The second kappa shape index (κ2) is 5.69. The van der Waals surface area contributed by atoms with Gasteiger partial charge < -0.3 is 10.6 Å². The van der Waals surface area contributed by atoms with Gasteiger partial charge in [0.15, 0.2) is 0 Å². The first-order valence-electron chi connectivity index (χ1n) is 7.29. The lowest BCUT2D eigenvalue weighted by atomic mass is 9.99. The predicted molar refractivity (Wildman–Crippen MR) is 82.0 cm³/mol. The van der Waals surface area contributed by atoms with Crippen LogP contribution in [0.25, 0.3) is 0 Å². The molecular weight excluding hydrogens is 264 g/mol. The zero-order chi connectivity index (χ0) is 14.7. The summed E-state index contributed by atoms with van der Waals surface area (Å²) in [4.78, 5) is 12.4. The molecule has 1 aliphatic rings. The van der Waals surface area contributed by atoms with Crippen LogP contribution in [0.2, 0.25) is 0 Å². The smallest absolute Gasteiger partial charge is 0.244 e. The Morgan fingerprint density at radius 2 is 2.38 bits per heavy atom. The van der Waals surface area contributed by atoms with Crippen molar-refractivity contribution in [1.82, 2.24) is 15.1 Å². The van der Waals surface area contributed by atoms with Crippen LogP contribution in [0.4, 0.5) is 5.69 Å². The molecule has 0 radical (unpaired) electrons. The molecule has 1 aromatic heterocycles. The fourth-order valence-corrected chi connectivity index (χ4v) is 2.69. The van der Waals surface area contributed by atoms with Gasteiger partial charge in [0.1, 0.15) is 0 Å². The monoisotopic (exact) mass is 284 g/mol. The predicted octanol–water partition coefficient (Wildman–Crippen LogP) is 2.01. The number of hydrogen-bond acceptors (Lipinski definition) is 3. The molecule has 1 aliphatic heterocycles. The highest BCUT2D eigenvalue weighted by Gasteiger charge is 2.35. The molecule has 3 rings (SSSR count). The van der Waals surface area contributed by atoms with E-state index in [0.29, 0.717) is 6.54 Å². The maximum atomic E-state index is 12.4. The van der Waals surface area contributed by atoms with Crippen molar-refractivity contribution in [1.29, 1.82) is 0 Å². The first-order chi connectivity index (χ1) is 10.2. The number of rotatable bonds is 4. The van der Waals surface area contributed by atoms with Gasteiger partial charge in [0, 0.05) is 18.1 Å². The minimum absolute atomic E-state index is 0.0382. The average Bonchev–Trinajstić information content (AvgIpc) is 3.12. The van der Waals surface area contributed by atoms with Crippen molar-refractivity contribution in [2.75, 3.05) is 11.9 Å². The number of carbonyl (C=O) groups excluding carboxylic acids is 1. The zero-order valence-electron chi connectivity index (χ0n) is 12.2. The van der Waals surface area contributed by atoms with Crippen molar-refractivity contribution in [2.24, 2.45) is 0 Å². The molecule has 5 nitrogen and oxygen atoms in total. The van der Waals surface area contributed by atoms with E-state index < -0.39 is 5.54 Å². The summed E-state index contributed by atoms with van der Waals surface area (Å²) < 4.78 is 1.86. The normalized spacial score (nSPS) is 21.4. The molecule has 1 fully saturated rings. The minimum Gasteiger partial charge on any atom is -0.324 e. The summed E-state index contributed by atoms with van der Waals surface area (Å²) in [5.74, 6) is 0.0382. The minimum atomic E-state index is -0.446. The third-order valence-corrected chi connectivity index (χ3v) is 3.96. The SMILES string of the molecule is CC1(C(=O)Nc2cccc(Cn3cccn3)c2)CCCN1. The largest absolute Gasteiger partial charge is 0.324 e. The van der Waals surface area contributed by atoms with Crippen LogP contribution in [0.1, 0.15) is 25.3 Å². The van der Waals surface area contributed by atoms with Gasteiger partial charge in [-0.25, -0.2) is 0 Å². The van der Waals surface area contributed by atoms with E-state index in [0.717, 1.165) is 30.6 Å². The van der Waals surface area contributed by atoms with E-state index in [-0.39, 0.29) is 5.91 Å². The first-order valence-corrected chi connectivity index (χ1v) is 7.29. The molecule has 5 heteroatoms. The number of nitrogens with zero attached hydrogens (tertiary/aromatic N) is 2. The molecule has 0 bridgehead atoms. The number of benzene rings is 1. The van der Waals surface area contributed by atoms with Crippen LogP contribution >= 0.6 is 0 Å². The highest BCUT2D eigenvalue weighted by atomic mass is 16.2. The Bertz CT molecular complexity index is 615. The average molecular weight is 284 g/mol. The second-order valence-corrected chi connectivity index (χ2v) is 5.72. The molecule has 0 aliphatic carbocycles. The molecule has 21 heavy (non-hydrogen) atoms. The quantitative estimate of drug-likeness (QED) is 0.903. The Kier molecular flexibility index (Phi) is 3.75. The lowest BCUT2D eigenvalue weighted by Crippen LogP contribution is -2.47.